The highest BCUT2D eigenvalue weighted by Gasteiger charge is 2.61. The number of likely N-dealkylation sites (tertiary alicyclic amines) is 1. The fourth-order valence-electron chi connectivity index (χ4n) is 4.88. The van der Waals surface area contributed by atoms with Gasteiger partial charge in [-0.25, -0.2) is 4.39 Å². The lowest BCUT2D eigenvalue weighted by Gasteiger charge is -2.32. The summed E-state index contributed by atoms with van der Waals surface area (Å²) in [5.74, 6) is 0.497. The first-order valence-electron chi connectivity index (χ1n) is 9.90. The Morgan fingerprint density at radius 1 is 1.21 bits per heavy atom. The van der Waals surface area contributed by atoms with Crippen LogP contribution in [0.15, 0.2) is 42.5 Å². The van der Waals surface area contributed by atoms with Crippen LogP contribution in [-0.4, -0.2) is 47.2 Å². The molecule has 0 radical (unpaired) electrons. The maximum atomic E-state index is 14.1. The second kappa shape index (κ2) is 7.27. The number of halogens is 2. The predicted molar refractivity (Wildman–Crippen MR) is 106 cm³/mol. The molecule has 0 aliphatic carbocycles. The molecule has 2 aromatic rings. The third-order valence-corrected chi connectivity index (χ3v) is 6.65. The second-order valence-electron chi connectivity index (χ2n) is 7.78. The molecule has 152 valence electrons. The van der Waals surface area contributed by atoms with E-state index in [1.165, 1.54) is 6.07 Å². The van der Waals surface area contributed by atoms with Crippen LogP contribution in [0.1, 0.15) is 24.0 Å². The monoisotopic (exact) mass is 416 g/mol. The summed E-state index contributed by atoms with van der Waals surface area (Å²) < 4.78 is 26.1. The highest BCUT2D eigenvalue weighted by Crippen LogP contribution is 2.46. The van der Waals surface area contributed by atoms with Gasteiger partial charge in [0.25, 0.3) is 0 Å². The molecule has 1 amide bonds. The minimum absolute atomic E-state index is 0.0608. The molecular weight excluding hydrogens is 395 g/mol. The maximum Gasteiger partial charge on any atom is 0.226 e. The van der Waals surface area contributed by atoms with Crippen molar-refractivity contribution in [1.29, 1.82) is 0 Å². The van der Waals surface area contributed by atoms with E-state index in [0.717, 1.165) is 18.5 Å². The lowest BCUT2D eigenvalue weighted by Crippen LogP contribution is -2.47. The summed E-state index contributed by atoms with van der Waals surface area (Å²) in [7, 11) is 0. The summed E-state index contributed by atoms with van der Waals surface area (Å²) in [6.45, 7) is 2.87. The van der Waals surface area contributed by atoms with E-state index >= 15 is 0 Å². The van der Waals surface area contributed by atoms with Crippen LogP contribution in [0.3, 0.4) is 0 Å². The molecule has 3 fully saturated rings. The van der Waals surface area contributed by atoms with E-state index in [9.17, 15) is 9.18 Å². The minimum Gasteiger partial charge on any atom is -0.488 e. The van der Waals surface area contributed by atoms with Crippen molar-refractivity contribution in [2.24, 2.45) is 0 Å². The zero-order valence-corrected chi connectivity index (χ0v) is 16.7. The average molecular weight is 417 g/mol. The van der Waals surface area contributed by atoms with Crippen LogP contribution in [0, 0.1) is 5.82 Å². The Kier molecular flexibility index (Phi) is 4.73. The van der Waals surface area contributed by atoms with Crippen LogP contribution in [0.4, 0.5) is 4.39 Å². The smallest absolute Gasteiger partial charge is 0.226 e. The first-order chi connectivity index (χ1) is 14.1. The Balaban J connectivity index is 1.34. The highest BCUT2D eigenvalue weighted by molar-refractivity contribution is 6.31. The number of carbonyl (C=O) groups excluding carboxylic acids is 1. The van der Waals surface area contributed by atoms with Crippen LogP contribution in [0.5, 0.6) is 5.75 Å². The fraction of sp³-hybridized carbons (Fsp3) is 0.409. The SMILES string of the molecule is O=C1C[C@H]2N(Cc3ccccc3OCc3c(F)cccc3Cl)CC[C@]23OCCN13. The molecule has 3 saturated heterocycles. The molecule has 0 aromatic heterocycles. The standard InChI is InChI=1S/C22H22ClFN2O3/c23-17-5-3-6-18(24)16(17)14-28-19-7-2-1-4-15(19)13-25-9-8-22-20(25)12-21(27)26(22)10-11-29-22/h1-7,20H,8-14H2/t20-,22+/m1/s1. The second-order valence-corrected chi connectivity index (χ2v) is 8.18. The van der Waals surface area contributed by atoms with Crippen LogP contribution in [0.2, 0.25) is 5.02 Å². The van der Waals surface area contributed by atoms with Crippen molar-refractivity contribution in [3.05, 3.63) is 64.4 Å². The number of hydrogen-bond donors (Lipinski definition) is 0. The van der Waals surface area contributed by atoms with E-state index in [2.05, 4.69) is 4.90 Å². The maximum absolute atomic E-state index is 14.1. The van der Waals surface area contributed by atoms with Gasteiger partial charge >= 0.3 is 0 Å². The van der Waals surface area contributed by atoms with Gasteiger partial charge in [0.15, 0.2) is 5.72 Å². The molecule has 0 bridgehead atoms. The largest absolute Gasteiger partial charge is 0.488 e. The quantitative estimate of drug-likeness (QED) is 0.747. The van der Waals surface area contributed by atoms with Crippen molar-refractivity contribution in [1.82, 2.24) is 9.80 Å². The number of ether oxygens (including phenoxy) is 2. The van der Waals surface area contributed by atoms with Gasteiger partial charge in [0, 0.05) is 43.6 Å². The molecule has 3 heterocycles. The van der Waals surface area contributed by atoms with Gasteiger partial charge in [-0.3, -0.25) is 9.69 Å². The average Bonchev–Trinajstić information content (AvgIpc) is 3.35. The lowest BCUT2D eigenvalue weighted by molar-refractivity contribution is -0.136. The molecule has 7 heteroatoms. The summed E-state index contributed by atoms with van der Waals surface area (Å²) in [5, 5.41) is 0.354. The number of amides is 1. The molecule has 5 nitrogen and oxygen atoms in total. The summed E-state index contributed by atoms with van der Waals surface area (Å²) in [6, 6.07) is 12.4. The van der Waals surface area contributed by atoms with Gasteiger partial charge in [-0.05, 0) is 18.2 Å². The van der Waals surface area contributed by atoms with E-state index in [-0.39, 0.29) is 24.4 Å². The first kappa shape index (κ1) is 18.9. The van der Waals surface area contributed by atoms with Gasteiger partial charge in [0.2, 0.25) is 5.91 Å². The number of rotatable bonds is 5. The van der Waals surface area contributed by atoms with Crippen molar-refractivity contribution in [2.75, 3.05) is 19.7 Å². The number of benzene rings is 2. The molecule has 5 rings (SSSR count). The Hall–Kier alpha value is -2.15. The van der Waals surface area contributed by atoms with Gasteiger partial charge in [0.1, 0.15) is 18.2 Å². The van der Waals surface area contributed by atoms with Crippen LogP contribution in [0.25, 0.3) is 0 Å². The van der Waals surface area contributed by atoms with E-state index in [0.29, 0.717) is 42.5 Å². The van der Waals surface area contributed by atoms with Crippen molar-refractivity contribution in [3.8, 4) is 5.75 Å². The zero-order valence-electron chi connectivity index (χ0n) is 15.9. The molecule has 3 aliphatic heterocycles. The minimum atomic E-state index is -0.451. The first-order valence-corrected chi connectivity index (χ1v) is 10.3. The molecule has 0 unspecified atom stereocenters. The number of hydrogen-bond acceptors (Lipinski definition) is 4. The molecule has 3 aliphatic rings. The van der Waals surface area contributed by atoms with Crippen LogP contribution in [-0.2, 0) is 22.7 Å². The molecule has 2 aromatic carbocycles. The van der Waals surface area contributed by atoms with E-state index in [1.807, 2.05) is 29.2 Å². The third-order valence-electron chi connectivity index (χ3n) is 6.29. The molecule has 0 N–H and O–H groups in total. The van der Waals surface area contributed by atoms with E-state index in [1.54, 1.807) is 12.1 Å². The zero-order chi connectivity index (χ0) is 20.0. The van der Waals surface area contributed by atoms with Gasteiger partial charge in [-0.2, -0.15) is 0 Å². The van der Waals surface area contributed by atoms with Gasteiger partial charge < -0.3 is 14.4 Å². The molecule has 0 saturated carbocycles. The molecule has 2 atom stereocenters. The summed E-state index contributed by atoms with van der Waals surface area (Å²) in [4.78, 5) is 16.6. The fourth-order valence-corrected chi connectivity index (χ4v) is 5.10. The summed E-state index contributed by atoms with van der Waals surface area (Å²) in [5.41, 5.74) is 0.898. The van der Waals surface area contributed by atoms with Gasteiger partial charge in [-0.1, -0.05) is 35.9 Å². The Labute approximate surface area is 173 Å². The van der Waals surface area contributed by atoms with Gasteiger partial charge in [-0.15, -0.1) is 0 Å². The van der Waals surface area contributed by atoms with Crippen molar-refractivity contribution >= 4 is 17.5 Å². The number of para-hydroxylation sites is 1. The number of nitrogens with zero attached hydrogens (tertiary/aromatic N) is 2. The van der Waals surface area contributed by atoms with Crippen LogP contribution >= 0.6 is 11.6 Å². The van der Waals surface area contributed by atoms with E-state index in [4.69, 9.17) is 21.1 Å². The topological polar surface area (TPSA) is 42.0 Å². The predicted octanol–water partition coefficient (Wildman–Crippen LogP) is 3.59. The van der Waals surface area contributed by atoms with Crippen molar-refractivity contribution < 1.29 is 18.7 Å². The lowest BCUT2D eigenvalue weighted by atomic mass is 10.1. The molecule has 1 spiro atoms. The van der Waals surface area contributed by atoms with Gasteiger partial charge in [0.05, 0.1) is 17.7 Å². The van der Waals surface area contributed by atoms with Crippen molar-refractivity contribution in [2.45, 2.75) is 37.8 Å². The third kappa shape index (κ3) is 3.10. The van der Waals surface area contributed by atoms with Crippen molar-refractivity contribution in [3.63, 3.8) is 0 Å². The Morgan fingerprint density at radius 2 is 2.07 bits per heavy atom. The summed E-state index contributed by atoms with van der Waals surface area (Å²) >= 11 is 6.12. The Bertz CT molecular complexity index is 935. The van der Waals surface area contributed by atoms with E-state index < -0.39 is 5.72 Å². The molecular formula is C22H22ClFN2O3. The van der Waals surface area contributed by atoms with Crippen LogP contribution < -0.4 is 4.74 Å². The number of carbonyl (C=O) groups is 1. The highest BCUT2D eigenvalue weighted by atomic mass is 35.5. The molecule has 29 heavy (non-hydrogen) atoms. The Morgan fingerprint density at radius 3 is 2.93 bits per heavy atom. The normalized spacial score (nSPS) is 26.1. The summed E-state index contributed by atoms with van der Waals surface area (Å²) in [6.07, 6.45) is 1.32.